The Hall–Kier alpha value is -4.06. The number of pyridine rings is 1. The molecule has 0 aliphatic heterocycles. The fourth-order valence-corrected chi connectivity index (χ4v) is 3.16. The highest BCUT2D eigenvalue weighted by Gasteiger charge is 2.18. The maximum absolute atomic E-state index is 13.1. The standard InChI is InChI=1S/C24H21N3O3/c1-29-19-10-6-17(7-11-19)23-24(27-16-4-3-5-22(27)26-23)21(28)14-15-25-18-8-12-20(30-2)13-9-18/h3-16,25H,1-2H3/b15-14-. The zero-order valence-electron chi connectivity index (χ0n) is 16.7. The average Bonchev–Trinajstić information content (AvgIpc) is 3.19. The minimum atomic E-state index is -0.152. The van der Waals surface area contributed by atoms with Crippen molar-refractivity contribution in [2.75, 3.05) is 19.5 Å². The van der Waals surface area contributed by atoms with Crippen molar-refractivity contribution >= 4 is 17.1 Å². The van der Waals surface area contributed by atoms with E-state index in [4.69, 9.17) is 9.47 Å². The monoisotopic (exact) mass is 399 g/mol. The number of nitrogens with zero attached hydrogens (tertiary/aromatic N) is 2. The summed E-state index contributed by atoms with van der Waals surface area (Å²) in [5.74, 6) is 1.37. The first-order valence-electron chi connectivity index (χ1n) is 9.42. The molecule has 30 heavy (non-hydrogen) atoms. The number of benzene rings is 2. The number of carbonyl (C=O) groups is 1. The first-order valence-corrected chi connectivity index (χ1v) is 9.42. The van der Waals surface area contributed by atoms with Crippen LogP contribution in [-0.4, -0.2) is 29.4 Å². The van der Waals surface area contributed by atoms with Crippen LogP contribution >= 0.6 is 0 Å². The summed E-state index contributed by atoms with van der Waals surface area (Å²) in [7, 11) is 3.24. The first kappa shape index (κ1) is 19.3. The van der Waals surface area contributed by atoms with Crippen molar-refractivity contribution in [2.24, 2.45) is 0 Å². The number of anilines is 1. The highest BCUT2D eigenvalue weighted by atomic mass is 16.5. The number of allylic oxidation sites excluding steroid dienone is 1. The van der Waals surface area contributed by atoms with E-state index in [1.165, 1.54) is 6.08 Å². The number of hydrogen-bond donors (Lipinski definition) is 1. The smallest absolute Gasteiger partial charge is 0.206 e. The van der Waals surface area contributed by atoms with E-state index in [1.807, 2.05) is 72.9 Å². The van der Waals surface area contributed by atoms with Gasteiger partial charge in [-0.25, -0.2) is 4.98 Å². The molecule has 4 aromatic rings. The second kappa shape index (κ2) is 8.53. The maximum atomic E-state index is 13.1. The summed E-state index contributed by atoms with van der Waals surface area (Å²) in [5.41, 5.74) is 3.54. The number of aromatic nitrogens is 2. The fourth-order valence-electron chi connectivity index (χ4n) is 3.16. The molecule has 150 valence electrons. The number of fused-ring (bicyclic) bond motifs is 1. The predicted octanol–water partition coefficient (Wildman–Crippen LogP) is 4.83. The van der Waals surface area contributed by atoms with Gasteiger partial charge < -0.3 is 14.8 Å². The van der Waals surface area contributed by atoms with E-state index < -0.39 is 0 Å². The Morgan fingerprint density at radius 3 is 2.27 bits per heavy atom. The van der Waals surface area contributed by atoms with E-state index in [-0.39, 0.29) is 5.78 Å². The lowest BCUT2D eigenvalue weighted by Crippen LogP contribution is -2.03. The number of imidazole rings is 1. The van der Waals surface area contributed by atoms with Crippen molar-refractivity contribution < 1.29 is 14.3 Å². The molecule has 2 aromatic heterocycles. The van der Waals surface area contributed by atoms with E-state index in [9.17, 15) is 4.79 Å². The largest absolute Gasteiger partial charge is 0.497 e. The highest BCUT2D eigenvalue weighted by molar-refractivity contribution is 6.08. The topological polar surface area (TPSA) is 64.9 Å². The zero-order chi connectivity index (χ0) is 20.9. The molecule has 2 aromatic carbocycles. The number of hydrogen-bond acceptors (Lipinski definition) is 5. The van der Waals surface area contributed by atoms with E-state index in [1.54, 1.807) is 24.8 Å². The van der Waals surface area contributed by atoms with Gasteiger partial charge in [0.1, 0.15) is 28.5 Å². The Kier molecular flexibility index (Phi) is 5.48. The van der Waals surface area contributed by atoms with Crippen LogP contribution in [-0.2, 0) is 0 Å². The van der Waals surface area contributed by atoms with Crippen LogP contribution in [0.2, 0.25) is 0 Å². The number of ketones is 1. The van der Waals surface area contributed by atoms with Crippen LogP contribution in [0.5, 0.6) is 11.5 Å². The van der Waals surface area contributed by atoms with Crippen molar-refractivity contribution in [2.45, 2.75) is 0 Å². The summed E-state index contributed by atoms with van der Waals surface area (Å²) >= 11 is 0. The van der Waals surface area contributed by atoms with Crippen molar-refractivity contribution in [3.8, 4) is 22.8 Å². The van der Waals surface area contributed by atoms with Crippen molar-refractivity contribution in [1.29, 1.82) is 0 Å². The van der Waals surface area contributed by atoms with Gasteiger partial charge in [-0.2, -0.15) is 0 Å². The van der Waals surface area contributed by atoms with E-state index in [0.717, 1.165) is 22.7 Å². The second-order valence-electron chi connectivity index (χ2n) is 6.54. The first-order chi connectivity index (χ1) is 14.7. The third-order valence-corrected chi connectivity index (χ3v) is 4.70. The molecule has 0 aliphatic carbocycles. The average molecular weight is 399 g/mol. The molecule has 0 aliphatic rings. The van der Waals surface area contributed by atoms with Crippen LogP contribution in [0.3, 0.4) is 0 Å². The van der Waals surface area contributed by atoms with E-state index in [0.29, 0.717) is 17.0 Å². The Morgan fingerprint density at radius 1 is 0.933 bits per heavy atom. The third-order valence-electron chi connectivity index (χ3n) is 4.70. The van der Waals surface area contributed by atoms with Gasteiger partial charge >= 0.3 is 0 Å². The lowest BCUT2D eigenvalue weighted by Gasteiger charge is -2.05. The summed E-state index contributed by atoms with van der Waals surface area (Å²) in [5, 5.41) is 3.11. The second-order valence-corrected chi connectivity index (χ2v) is 6.54. The summed E-state index contributed by atoms with van der Waals surface area (Å²) in [6, 6.07) is 20.6. The minimum Gasteiger partial charge on any atom is -0.497 e. The number of ether oxygens (including phenoxy) is 2. The molecule has 0 fully saturated rings. The Labute approximate surface area is 174 Å². The van der Waals surface area contributed by atoms with Gasteiger partial charge in [0.05, 0.1) is 14.2 Å². The van der Waals surface area contributed by atoms with E-state index >= 15 is 0 Å². The molecule has 0 atom stereocenters. The normalized spacial score (nSPS) is 11.0. The molecule has 0 spiro atoms. The molecule has 0 saturated carbocycles. The van der Waals surface area contributed by atoms with Crippen molar-refractivity contribution in [1.82, 2.24) is 9.38 Å². The van der Waals surface area contributed by atoms with Gasteiger partial charge in [-0.15, -0.1) is 0 Å². The lowest BCUT2D eigenvalue weighted by molar-refractivity contribution is 0.104. The van der Waals surface area contributed by atoms with Gasteiger partial charge in [0.2, 0.25) is 5.78 Å². The number of nitrogens with one attached hydrogen (secondary N) is 1. The third kappa shape index (κ3) is 3.89. The SMILES string of the molecule is COc1ccc(N/C=C\C(=O)c2c(-c3ccc(OC)cc3)nc3ccccn23)cc1. The number of carbonyl (C=O) groups excluding carboxylic acids is 1. The van der Waals surface area contributed by atoms with Gasteiger partial charge in [-0.1, -0.05) is 6.07 Å². The van der Waals surface area contributed by atoms with Crippen molar-refractivity contribution in [3.63, 3.8) is 0 Å². The van der Waals surface area contributed by atoms with Gasteiger partial charge in [0.25, 0.3) is 0 Å². The van der Waals surface area contributed by atoms with Gasteiger partial charge in [-0.05, 0) is 60.7 Å². The number of methoxy groups -OCH3 is 2. The summed E-state index contributed by atoms with van der Waals surface area (Å²) in [4.78, 5) is 17.8. The molecule has 0 radical (unpaired) electrons. The van der Waals surface area contributed by atoms with Crippen LogP contribution < -0.4 is 14.8 Å². The maximum Gasteiger partial charge on any atom is 0.206 e. The Balaban J connectivity index is 1.65. The Morgan fingerprint density at radius 2 is 1.60 bits per heavy atom. The minimum absolute atomic E-state index is 0.152. The van der Waals surface area contributed by atoms with Crippen molar-refractivity contribution in [3.05, 3.63) is 90.9 Å². The molecule has 0 unspecified atom stereocenters. The zero-order valence-corrected chi connectivity index (χ0v) is 16.7. The summed E-state index contributed by atoms with van der Waals surface area (Å²) < 4.78 is 12.2. The molecule has 1 N–H and O–H groups in total. The Bertz CT molecular complexity index is 1190. The predicted molar refractivity (Wildman–Crippen MR) is 117 cm³/mol. The molecular weight excluding hydrogens is 378 g/mol. The highest BCUT2D eigenvalue weighted by Crippen LogP contribution is 2.27. The molecule has 2 heterocycles. The molecule has 4 rings (SSSR count). The van der Waals surface area contributed by atoms with Crippen LogP contribution in [0, 0.1) is 0 Å². The molecular formula is C24H21N3O3. The molecule has 6 nitrogen and oxygen atoms in total. The summed E-state index contributed by atoms with van der Waals surface area (Å²) in [6.45, 7) is 0. The molecule has 6 heteroatoms. The molecule has 0 saturated heterocycles. The van der Waals surface area contributed by atoms with E-state index in [2.05, 4.69) is 10.3 Å². The van der Waals surface area contributed by atoms with Crippen LogP contribution in [0.1, 0.15) is 10.5 Å². The lowest BCUT2D eigenvalue weighted by atomic mass is 10.1. The summed E-state index contributed by atoms with van der Waals surface area (Å²) in [6.07, 6.45) is 4.98. The molecule has 0 amide bonds. The fraction of sp³-hybridized carbons (Fsp3) is 0.0833. The number of rotatable bonds is 7. The van der Waals surface area contributed by atoms with Gasteiger partial charge in [0.15, 0.2) is 0 Å². The quantitative estimate of drug-likeness (QED) is 0.356. The van der Waals surface area contributed by atoms with Gasteiger partial charge in [0, 0.05) is 29.7 Å². The van der Waals surface area contributed by atoms with Crippen LogP contribution in [0.25, 0.3) is 16.9 Å². The molecule has 0 bridgehead atoms. The van der Waals surface area contributed by atoms with Crippen LogP contribution in [0.15, 0.2) is 85.2 Å². The van der Waals surface area contributed by atoms with Gasteiger partial charge in [-0.3, -0.25) is 9.20 Å². The van der Waals surface area contributed by atoms with Crippen LogP contribution in [0.4, 0.5) is 5.69 Å².